The van der Waals surface area contributed by atoms with Crippen molar-refractivity contribution < 1.29 is 14.3 Å². The van der Waals surface area contributed by atoms with Crippen molar-refractivity contribution in [2.24, 2.45) is 0 Å². The van der Waals surface area contributed by atoms with Crippen LogP contribution in [0.1, 0.15) is 30.1 Å². The van der Waals surface area contributed by atoms with Crippen molar-refractivity contribution in [3.05, 3.63) is 29.8 Å². The fourth-order valence-electron chi connectivity index (χ4n) is 2.15. The molecule has 0 saturated carbocycles. The number of anilines is 1. The molecule has 0 bridgehead atoms. The summed E-state index contributed by atoms with van der Waals surface area (Å²) in [6.45, 7) is 3.06. The van der Waals surface area contributed by atoms with Crippen molar-refractivity contribution in [1.82, 2.24) is 5.32 Å². The quantitative estimate of drug-likeness (QED) is 0.574. The third-order valence-corrected chi connectivity index (χ3v) is 3.62. The molecule has 21 heavy (non-hydrogen) atoms. The molecule has 1 heterocycles. The minimum atomic E-state index is -0.373. The van der Waals surface area contributed by atoms with Crippen LogP contribution in [0.2, 0.25) is 0 Å². The Morgan fingerprint density at radius 2 is 2.29 bits per heavy atom. The number of hydrogen-bond donors (Lipinski definition) is 3. The number of thiol groups is 1. The molecule has 114 valence electrons. The summed E-state index contributed by atoms with van der Waals surface area (Å²) in [5.41, 5.74) is 1.03. The average Bonchev–Trinajstić information content (AvgIpc) is 2.91. The molecule has 5 nitrogen and oxygen atoms in total. The van der Waals surface area contributed by atoms with Crippen LogP contribution in [0.5, 0.6) is 0 Å². The molecule has 2 atom stereocenters. The number of carbonyl (C=O) groups is 2. The molecule has 1 aromatic rings. The van der Waals surface area contributed by atoms with E-state index in [2.05, 4.69) is 23.3 Å². The van der Waals surface area contributed by atoms with E-state index in [1.54, 1.807) is 24.3 Å². The van der Waals surface area contributed by atoms with Gasteiger partial charge in [-0.2, -0.15) is 12.6 Å². The molecule has 0 unspecified atom stereocenters. The molecule has 1 aliphatic heterocycles. The van der Waals surface area contributed by atoms with Gasteiger partial charge in [-0.15, -0.1) is 0 Å². The van der Waals surface area contributed by atoms with Crippen molar-refractivity contribution in [1.29, 1.82) is 0 Å². The van der Waals surface area contributed by atoms with Crippen molar-refractivity contribution in [3.8, 4) is 0 Å². The van der Waals surface area contributed by atoms with Crippen LogP contribution in [0.15, 0.2) is 24.3 Å². The standard InChI is InChI=1S/C15H20N2O3S/c1-2-6-20-15(19)10-4-3-5-11(7-10)17-14(18)13-8-12(21)9-16-13/h3-5,7,12-13,16,21H,2,6,8-9H2,1H3,(H,17,18)/t12-,13-/m0/s1. The molecule has 1 aromatic carbocycles. The van der Waals surface area contributed by atoms with Crippen LogP contribution in [-0.4, -0.2) is 36.3 Å². The first-order chi connectivity index (χ1) is 10.1. The molecule has 6 heteroatoms. The second-order valence-corrected chi connectivity index (χ2v) is 5.79. The SMILES string of the molecule is CCCOC(=O)c1cccc(NC(=O)[C@@H]2C[C@H](S)CN2)c1. The summed E-state index contributed by atoms with van der Waals surface area (Å²) in [5.74, 6) is -0.479. The van der Waals surface area contributed by atoms with E-state index in [4.69, 9.17) is 4.74 Å². The van der Waals surface area contributed by atoms with Crippen molar-refractivity contribution in [2.45, 2.75) is 31.1 Å². The summed E-state index contributed by atoms with van der Waals surface area (Å²) in [5, 5.41) is 6.13. The molecule has 0 aliphatic carbocycles. The van der Waals surface area contributed by atoms with Gasteiger partial charge in [0.15, 0.2) is 0 Å². The van der Waals surface area contributed by atoms with Crippen molar-refractivity contribution in [2.75, 3.05) is 18.5 Å². The normalized spacial score (nSPS) is 21.0. The van der Waals surface area contributed by atoms with Gasteiger partial charge in [-0.1, -0.05) is 13.0 Å². The molecular weight excluding hydrogens is 288 g/mol. The molecule has 2 N–H and O–H groups in total. The van der Waals surface area contributed by atoms with Crippen LogP contribution in [0.25, 0.3) is 0 Å². The Kier molecular flexibility index (Phi) is 5.64. The number of amides is 1. The summed E-state index contributed by atoms with van der Waals surface area (Å²) < 4.78 is 5.08. The van der Waals surface area contributed by atoms with Gasteiger partial charge in [-0.25, -0.2) is 4.79 Å². The second kappa shape index (κ2) is 7.47. The number of esters is 1. The van der Waals surface area contributed by atoms with E-state index in [-0.39, 0.29) is 23.2 Å². The number of carbonyl (C=O) groups excluding carboxylic acids is 2. The van der Waals surface area contributed by atoms with Gasteiger partial charge >= 0.3 is 5.97 Å². The molecule has 1 fully saturated rings. The summed E-state index contributed by atoms with van der Waals surface area (Å²) in [6.07, 6.45) is 1.48. The van der Waals surface area contributed by atoms with Crippen molar-refractivity contribution in [3.63, 3.8) is 0 Å². The minimum Gasteiger partial charge on any atom is -0.462 e. The van der Waals surface area contributed by atoms with E-state index < -0.39 is 0 Å². The maximum absolute atomic E-state index is 12.1. The largest absolute Gasteiger partial charge is 0.462 e. The van der Waals surface area contributed by atoms with E-state index in [0.717, 1.165) is 13.0 Å². The Hall–Kier alpha value is -1.53. The van der Waals surface area contributed by atoms with Crippen LogP contribution < -0.4 is 10.6 Å². The lowest BCUT2D eigenvalue weighted by molar-refractivity contribution is -0.117. The molecule has 0 radical (unpaired) electrons. The zero-order valence-electron chi connectivity index (χ0n) is 12.0. The third-order valence-electron chi connectivity index (χ3n) is 3.23. The zero-order chi connectivity index (χ0) is 15.2. The van der Waals surface area contributed by atoms with Gasteiger partial charge in [-0.3, -0.25) is 4.79 Å². The van der Waals surface area contributed by atoms with Crippen LogP contribution in [0.4, 0.5) is 5.69 Å². The molecule has 2 rings (SSSR count). The van der Waals surface area contributed by atoms with Gasteiger partial charge in [0.2, 0.25) is 5.91 Å². The number of nitrogens with one attached hydrogen (secondary N) is 2. The average molecular weight is 308 g/mol. The van der Waals surface area contributed by atoms with Crippen LogP contribution >= 0.6 is 12.6 Å². The van der Waals surface area contributed by atoms with Crippen LogP contribution in [-0.2, 0) is 9.53 Å². The molecule has 1 saturated heterocycles. The number of hydrogen-bond acceptors (Lipinski definition) is 5. The van der Waals surface area contributed by atoms with Crippen molar-refractivity contribution >= 4 is 30.2 Å². The summed E-state index contributed by atoms with van der Waals surface area (Å²) >= 11 is 4.34. The van der Waals surface area contributed by atoms with Crippen LogP contribution in [0.3, 0.4) is 0 Å². The van der Waals surface area contributed by atoms with E-state index in [0.29, 0.717) is 24.3 Å². The van der Waals surface area contributed by atoms with Gasteiger partial charge < -0.3 is 15.4 Å². The fraction of sp³-hybridized carbons (Fsp3) is 0.467. The highest BCUT2D eigenvalue weighted by Crippen LogP contribution is 2.16. The molecule has 1 amide bonds. The monoisotopic (exact) mass is 308 g/mol. The first-order valence-corrected chi connectivity index (χ1v) is 7.61. The van der Waals surface area contributed by atoms with Gasteiger partial charge in [0.25, 0.3) is 0 Å². The van der Waals surface area contributed by atoms with Crippen LogP contribution in [0, 0.1) is 0 Å². The molecular formula is C15H20N2O3S. The fourth-order valence-corrected chi connectivity index (χ4v) is 2.46. The maximum atomic E-state index is 12.1. The summed E-state index contributed by atoms with van der Waals surface area (Å²) in [6, 6.07) is 6.54. The smallest absolute Gasteiger partial charge is 0.338 e. The summed E-state index contributed by atoms with van der Waals surface area (Å²) in [4.78, 5) is 23.9. The van der Waals surface area contributed by atoms with E-state index in [1.807, 2.05) is 6.92 Å². The first-order valence-electron chi connectivity index (χ1n) is 7.09. The van der Waals surface area contributed by atoms with E-state index in [9.17, 15) is 9.59 Å². The minimum absolute atomic E-state index is 0.106. The van der Waals surface area contributed by atoms with Gasteiger partial charge in [-0.05, 0) is 31.0 Å². The first kappa shape index (κ1) is 15.9. The lowest BCUT2D eigenvalue weighted by atomic mass is 10.1. The molecule has 0 spiro atoms. The molecule has 0 aromatic heterocycles. The van der Waals surface area contributed by atoms with Gasteiger partial charge in [0.1, 0.15) is 0 Å². The highest BCUT2D eigenvalue weighted by Gasteiger charge is 2.27. The highest BCUT2D eigenvalue weighted by molar-refractivity contribution is 7.81. The second-order valence-electron chi connectivity index (χ2n) is 5.06. The third kappa shape index (κ3) is 4.47. The lowest BCUT2D eigenvalue weighted by Crippen LogP contribution is -2.35. The highest BCUT2D eigenvalue weighted by atomic mass is 32.1. The summed E-state index contributed by atoms with van der Waals surface area (Å²) in [7, 11) is 0. The Morgan fingerprint density at radius 3 is 2.95 bits per heavy atom. The predicted molar refractivity (Wildman–Crippen MR) is 84.8 cm³/mol. The predicted octanol–water partition coefficient (Wildman–Crippen LogP) is 1.85. The van der Waals surface area contributed by atoms with Gasteiger partial charge in [0.05, 0.1) is 18.2 Å². The Balaban J connectivity index is 1.97. The zero-order valence-corrected chi connectivity index (χ0v) is 12.9. The van der Waals surface area contributed by atoms with Gasteiger partial charge in [0, 0.05) is 17.5 Å². The Bertz CT molecular complexity index is 521. The van der Waals surface area contributed by atoms with E-state index >= 15 is 0 Å². The number of ether oxygens (including phenoxy) is 1. The lowest BCUT2D eigenvalue weighted by Gasteiger charge is -2.12. The topological polar surface area (TPSA) is 67.4 Å². The Morgan fingerprint density at radius 1 is 1.48 bits per heavy atom. The number of benzene rings is 1. The molecule has 1 aliphatic rings. The maximum Gasteiger partial charge on any atom is 0.338 e. The number of rotatable bonds is 5. The Labute approximate surface area is 129 Å². The van der Waals surface area contributed by atoms with E-state index in [1.165, 1.54) is 0 Å².